The lowest BCUT2D eigenvalue weighted by Crippen LogP contribution is -2.43. The third kappa shape index (κ3) is 4.20. The van der Waals surface area contributed by atoms with Gasteiger partial charge < -0.3 is 10.1 Å². The molecule has 0 radical (unpaired) electrons. The molecular weight excluding hydrogens is 394 g/mol. The maximum atomic E-state index is 12.9. The van der Waals surface area contributed by atoms with Gasteiger partial charge in [-0.15, -0.1) is 11.3 Å². The van der Waals surface area contributed by atoms with Crippen LogP contribution in [0.4, 0.5) is 0 Å². The van der Waals surface area contributed by atoms with Crippen molar-refractivity contribution in [3.8, 4) is 0 Å². The molecule has 1 amide bonds. The van der Waals surface area contributed by atoms with Crippen LogP contribution in [0, 0.1) is 6.92 Å². The van der Waals surface area contributed by atoms with Gasteiger partial charge in [0.05, 0.1) is 36.0 Å². The zero-order valence-corrected chi connectivity index (χ0v) is 17.2. The van der Waals surface area contributed by atoms with Gasteiger partial charge in [0.2, 0.25) is 0 Å². The molecule has 0 saturated carbocycles. The number of aromatic nitrogens is 1. The zero-order chi connectivity index (χ0) is 19.5. The number of carbonyl (C=O) groups excluding carboxylic acids is 1. The Bertz CT molecular complexity index is 971. The van der Waals surface area contributed by atoms with Crippen molar-refractivity contribution < 1.29 is 9.53 Å². The largest absolute Gasteiger partial charge is 0.379 e. The van der Waals surface area contributed by atoms with Gasteiger partial charge in [0, 0.05) is 34.9 Å². The molecule has 1 unspecified atom stereocenters. The van der Waals surface area contributed by atoms with E-state index in [9.17, 15) is 4.79 Å². The lowest BCUT2D eigenvalue weighted by Gasteiger charge is -2.34. The number of hydrogen-bond donors (Lipinski definition) is 1. The molecule has 4 rings (SSSR count). The fraction of sp³-hybridized carbons (Fsp3) is 0.333. The molecule has 1 aliphatic heterocycles. The predicted octanol–water partition coefficient (Wildman–Crippen LogP) is 4.06. The molecule has 3 aromatic rings. The highest BCUT2D eigenvalue weighted by Gasteiger charge is 2.24. The van der Waals surface area contributed by atoms with E-state index in [1.165, 1.54) is 4.88 Å². The van der Waals surface area contributed by atoms with E-state index in [4.69, 9.17) is 16.3 Å². The van der Waals surface area contributed by atoms with Crippen molar-refractivity contribution in [2.24, 2.45) is 0 Å². The third-order valence-corrected chi connectivity index (χ3v) is 6.23. The molecule has 1 N–H and O–H groups in total. The molecule has 1 saturated heterocycles. The maximum absolute atomic E-state index is 12.9. The van der Waals surface area contributed by atoms with Crippen LogP contribution in [0.5, 0.6) is 0 Å². The van der Waals surface area contributed by atoms with Crippen LogP contribution in [0.15, 0.2) is 41.8 Å². The second-order valence-corrected chi connectivity index (χ2v) is 8.26. The standard InChI is InChI=1S/C21H22ClN3O2S/c1-14-17(12-15-11-16(22)4-5-18(15)24-14)21(26)23-13-19(20-3-2-10-28-20)25-6-8-27-9-7-25/h2-5,10-12,19H,6-9,13H2,1H3,(H,23,26). The number of carbonyl (C=O) groups is 1. The fourth-order valence-electron chi connectivity index (χ4n) is 3.54. The van der Waals surface area contributed by atoms with Gasteiger partial charge in [-0.05, 0) is 42.6 Å². The Morgan fingerprint density at radius 3 is 2.89 bits per heavy atom. The van der Waals surface area contributed by atoms with Gasteiger partial charge in [-0.3, -0.25) is 14.7 Å². The van der Waals surface area contributed by atoms with Gasteiger partial charge in [-0.25, -0.2) is 0 Å². The summed E-state index contributed by atoms with van der Waals surface area (Å²) in [6.07, 6.45) is 0. The van der Waals surface area contributed by atoms with E-state index in [1.807, 2.05) is 31.2 Å². The first-order valence-corrected chi connectivity index (χ1v) is 10.6. The van der Waals surface area contributed by atoms with Crippen LogP contribution in [-0.4, -0.2) is 48.6 Å². The Balaban J connectivity index is 1.53. The van der Waals surface area contributed by atoms with Crippen LogP contribution >= 0.6 is 22.9 Å². The topological polar surface area (TPSA) is 54.5 Å². The van der Waals surface area contributed by atoms with Crippen molar-refractivity contribution in [2.75, 3.05) is 32.8 Å². The van der Waals surface area contributed by atoms with Crippen molar-refractivity contribution in [1.82, 2.24) is 15.2 Å². The summed E-state index contributed by atoms with van der Waals surface area (Å²) in [6, 6.07) is 11.7. The maximum Gasteiger partial charge on any atom is 0.253 e. The van der Waals surface area contributed by atoms with Crippen molar-refractivity contribution in [2.45, 2.75) is 13.0 Å². The van der Waals surface area contributed by atoms with Crippen LogP contribution in [0.3, 0.4) is 0 Å². The molecule has 146 valence electrons. The van der Waals surface area contributed by atoms with Crippen LogP contribution in [0.2, 0.25) is 5.02 Å². The molecule has 7 heteroatoms. The number of thiophene rings is 1. The number of rotatable bonds is 5. The van der Waals surface area contributed by atoms with E-state index in [1.54, 1.807) is 11.3 Å². The average molecular weight is 416 g/mol. The Hall–Kier alpha value is -1.99. The number of benzene rings is 1. The number of nitrogens with one attached hydrogen (secondary N) is 1. The molecule has 5 nitrogen and oxygen atoms in total. The van der Waals surface area contributed by atoms with E-state index < -0.39 is 0 Å². The van der Waals surface area contributed by atoms with E-state index >= 15 is 0 Å². The number of pyridine rings is 1. The summed E-state index contributed by atoms with van der Waals surface area (Å²) in [6.45, 7) is 5.60. The monoisotopic (exact) mass is 415 g/mol. The second-order valence-electron chi connectivity index (χ2n) is 6.85. The highest BCUT2D eigenvalue weighted by atomic mass is 35.5. The van der Waals surface area contributed by atoms with Crippen molar-refractivity contribution >= 4 is 39.7 Å². The zero-order valence-electron chi connectivity index (χ0n) is 15.7. The number of morpholine rings is 1. The Kier molecular flexibility index (Phi) is 5.92. The Morgan fingerprint density at radius 1 is 1.32 bits per heavy atom. The molecule has 28 heavy (non-hydrogen) atoms. The molecule has 1 fully saturated rings. The number of aryl methyl sites for hydroxylation is 1. The first kappa shape index (κ1) is 19.3. The minimum atomic E-state index is -0.110. The van der Waals surface area contributed by atoms with Crippen molar-refractivity contribution in [1.29, 1.82) is 0 Å². The van der Waals surface area contributed by atoms with Gasteiger partial charge >= 0.3 is 0 Å². The molecule has 1 atom stereocenters. The fourth-order valence-corrected chi connectivity index (χ4v) is 4.58. The number of nitrogens with zero attached hydrogens (tertiary/aromatic N) is 2. The van der Waals surface area contributed by atoms with E-state index in [-0.39, 0.29) is 11.9 Å². The Morgan fingerprint density at radius 2 is 2.14 bits per heavy atom. The lowest BCUT2D eigenvalue weighted by molar-refractivity contribution is 0.0169. The Labute approximate surface area is 173 Å². The minimum absolute atomic E-state index is 0.110. The van der Waals surface area contributed by atoms with Gasteiger partial charge in [-0.2, -0.15) is 0 Å². The molecule has 2 aromatic heterocycles. The van der Waals surface area contributed by atoms with Gasteiger partial charge in [0.15, 0.2) is 0 Å². The van der Waals surface area contributed by atoms with Crippen molar-refractivity contribution in [3.63, 3.8) is 0 Å². The van der Waals surface area contributed by atoms with Crippen LogP contribution in [-0.2, 0) is 4.74 Å². The van der Waals surface area contributed by atoms with E-state index in [0.717, 1.165) is 37.2 Å². The van der Waals surface area contributed by atoms with Crippen LogP contribution in [0.1, 0.15) is 27.0 Å². The van der Waals surface area contributed by atoms with Crippen LogP contribution in [0.25, 0.3) is 10.9 Å². The molecular formula is C21H22ClN3O2S. The number of amides is 1. The van der Waals surface area contributed by atoms with Gasteiger partial charge in [0.25, 0.3) is 5.91 Å². The smallest absolute Gasteiger partial charge is 0.253 e. The summed E-state index contributed by atoms with van der Waals surface area (Å²) in [7, 11) is 0. The third-order valence-electron chi connectivity index (χ3n) is 5.03. The van der Waals surface area contributed by atoms with E-state index in [2.05, 4.69) is 32.7 Å². The number of fused-ring (bicyclic) bond motifs is 1. The summed E-state index contributed by atoms with van der Waals surface area (Å²) < 4.78 is 5.48. The van der Waals surface area contributed by atoms with Gasteiger partial charge in [0.1, 0.15) is 0 Å². The molecule has 0 aliphatic carbocycles. The summed E-state index contributed by atoms with van der Waals surface area (Å²) in [5.41, 5.74) is 2.14. The number of halogens is 1. The normalized spacial score (nSPS) is 16.2. The van der Waals surface area contributed by atoms with Gasteiger partial charge in [-0.1, -0.05) is 17.7 Å². The van der Waals surface area contributed by atoms with Crippen LogP contribution < -0.4 is 5.32 Å². The highest BCUT2D eigenvalue weighted by Crippen LogP contribution is 2.26. The summed E-state index contributed by atoms with van der Waals surface area (Å²) in [5, 5.41) is 6.69. The SMILES string of the molecule is Cc1nc2ccc(Cl)cc2cc1C(=O)NCC(c1cccs1)N1CCOCC1. The lowest BCUT2D eigenvalue weighted by atomic mass is 10.1. The molecule has 3 heterocycles. The predicted molar refractivity (Wildman–Crippen MR) is 113 cm³/mol. The average Bonchev–Trinajstić information content (AvgIpc) is 3.23. The molecule has 1 aliphatic rings. The quantitative estimate of drug-likeness (QED) is 0.682. The summed E-state index contributed by atoms with van der Waals surface area (Å²) in [4.78, 5) is 21.1. The molecule has 0 spiro atoms. The molecule has 0 bridgehead atoms. The second kappa shape index (κ2) is 8.57. The summed E-state index contributed by atoms with van der Waals surface area (Å²) in [5.74, 6) is -0.110. The molecule has 1 aromatic carbocycles. The van der Waals surface area contributed by atoms with E-state index in [0.29, 0.717) is 22.8 Å². The summed E-state index contributed by atoms with van der Waals surface area (Å²) >= 11 is 7.81. The van der Waals surface area contributed by atoms with Crippen molar-refractivity contribution in [3.05, 3.63) is 62.9 Å². The number of hydrogen-bond acceptors (Lipinski definition) is 5. The first-order chi connectivity index (χ1) is 13.6. The number of ether oxygens (including phenoxy) is 1. The minimum Gasteiger partial charge on any atom is -0.379 e. The first-order valence-electron chi connectivity index (χ1n) is 9.32. The highest BCUT2D eigenvalue weighted by molar-refractivity contribution is 7.10.